The van der Waals surface area contributed by atoms with Crippen molar-refractivity contribution in [2.45, 2.75) is 25.7 Å². The molecule has 0 aliphatic heterocycles. The number of benzene rings is 1. The molecule has 0 heterocycles. The molecule has 1 aliphatic carbocycles. The number of nitrogens with one attached hydrogen (secondary N) is 2. The summed E-state index contributed by atoms with van der Waals surface area (Å²) in [5.74, 6) is -0.306. The summed E-state index contributed by atoms with van der Waals surface area (Å²) in [5, 5.41) is 5.49. The third kappa shape index (κ3) is 3.05. The van der Waals surface area contributed by atoms with Crippen molar-refractivity contribution in [3.8, 4) is 0 Å². The number of allylic oxidation sites excluding steroid dienone is 1. The molecule has 1 aliphatic rings. The van der Waals surface area contributed by atoms with E-state index >= 15 is 0 Å². The first-order valence-electron chi connectivity index (χ1n) is 6.27. The molecule has 0 aromatic heterocycles. The van der Waals surface area contributed by atoms with Crippen LogP contribution in [0.25, 0.3) is 0 Å². The number of hydrogen-bond donors (Lipinski definition) is 3. The van der Waals surface area contributed by atoms with Crippen molar-refractivity contribution >= 4 is 11.6 Å². The quantitative estimate of drug-likeness (QED) is 0.728. The number of hydrogen-bond acceptors (Lipinski definition) is 3. The van der Waals surface area contributed by atoms with Crippen LogP contribution < -0.4 is 16.4 Å². The smallest absolute Gasteiger partial charge is 0.273 e. The number of rotatable bonds is 4. The Kier molecular flexibility index (Phi) is 3.74. The van der Waals surface area contributed by atoms with E-state index in [9.17, 15) is 9.18 Å². The van der Waals surface area contributed by atoms with Crippen molar-refractivity contribution in [1.82, 2.24) is 5.32 Å². The second-order valence-corrected chi connectivity index (χ2v) is 4.75. The molecule has 1 saturated carbocycles. The largest absolute Gasteiger partial charge is 0.393 e. The van der Waals surface area contributed by atoms with E-state index in [2.05, 4.69) is 10.6 Å². The summed E-state index contributed by atoms with van der Waals surface area (Å²) in [4.78, 5) is 11.9. The molecule has 1 aromatic rings. The molecular weight excluding hydrogens is 245 g/mol. The second-order valence-electron chi connectivity index (χ2n) is 4.75. The van der Waals surface area contributed by atoms with Gasteiger partial charge in [-0.05, 0) is 49.4 Å². The van der Waals surface area contributed by atoms with Gasteiger partial charge in [-0.3, -0.25) is 4.79 Å². The van der Waals surface area contributed by atoms with E-state index < -0.39 is 0 Å². The minimum absolute atomic E-state index is 0.125. The van der Waals surface area contributed by atoms with E-state index in [1.165, 1.54) is 6.07 Å². The first kappa shape index (κ1) is 13.4. The number of carbonyl (C=O) groups excluding carboxylic acids is 1. The molecule has 0 atom stereocenters. The van der Waals surface area contributed by atoms with Gasteiger partial charge in [-0.15, -0.1) is 0 Å². The van der Waals surface area contributed by atoms with E-state index in [4.69, 9.17) is 5.73 Å². The summed E-state index contributed by atoms with van der Waals surface area (Å²) < 4.78 is 13.6. The normalized spacial score (nSPS) is 15.7. The Bertz CT molecular complexity index is 535. The predicted octanol–water partition coefficient (Wildman–Crippen LogP) is 2.05. The highest BCUT2D eigenvalue weighted by atomic mass is 19.1. The van der Waals surface area contributed by atoms with Crippen LogP contribution in [-0.4, -0.2) is 13.0 Å². The highest BCUT2D eigenvalue weighted by Crippen LogP contribution is 2.42. The van der Waals surface area contributed by atoms with Crippen molar-refractivity contribution in [1.29, 1.82) is 0 Å². The third-order valence-electron chi connectivity index (χ3n) is 3.29. The zero-order chi connectivity index (χ0) is 14.0. The Morgan fingerprint density at radius 2 is 2.11 bits per heavy atom. The molecule has 4 N–H and O–H groups in total. The summed E-state index contributed by atoms with van der Waals surface area (Å²) in [7, 11) is 1.69. The molecule has 0 bridgehead atoms. The fourth-order valence-corrected chi connectivity index (χ4v) is 1.83. The lowest BCUT2D eigenvalue weighted by atomic mass is 10.1. The maximum atomic E-state index is 13.6. The monoisotopic (exact) mass is 263 g/mol. The van der Waals surface area contributed by atoms with Gasteiger partial charge in [0.1, 0.15) is 11.5 Å². The minimum Gasteiger partial charge on any atom is -0.393 e. The Labute approximate surface area is 111 Å². The van der Waals surface area contributed by atoms with Crippen LogP contribution >= 0.6 is 0 Å². The number of carbonyl (C=O) groups is 1. The fraction of sp³-hybridized carbons (Fsp3) is 0.357. The van der Waals surface area contributed by atoms with E-state index in [1.807, 2.05) is 0 Å². The Balaban J connectivity index is 2.15. The Morgan fingerprint density at radius 3 is 2.68 bits per heavy atom. The van der Waals surface area contributed by atoms with Crippen LogP contribution in [0.1, 0.15) is 31.2 Å². The van der Waals surface area contributed by atoms with Crippen LogP contribution in [0.15, 0.2) is 29.6 Å². The molecule has 1 amide bonds. The molecule has 0 radical (unpaired) electrons. The molecule has 5 heteroatoms. The van der Waals surface area contributed by atoms with Gasteiger partial charge < -0.3 is 16.4 Å². The maximum Gasteiger partial charge on any atom is 0.273 e. The summed E-state index contributed by atoms with van der Waals surface area (Å²) in [6.07, 6.45) is 2.02. The lowest BCUT2D eigenvalue weighted by Crippen LogP contribution is -2.24. The zero-order valence-corrected chi connectivity index (χ0v) is 11.1. The lowest BCUT2D eigenvalue weighted by molar-refractivity contribution is -0.113. The SMILES string of the molecule is CN/C(C)=C(/N)C(=O)Nc1ccc(F)c(C2CC2)c1. The second kappa shape index (κ2) is 5.30. The summed E-state index contributed by atoms with van der Waals surface area (Å²) in [5.41, 5.74) is 7.66. The molecule has 19 heavy (non-hydrogen) atoms. The van der Waals surface area contributed by atoms with Gasteiger partial charge in [0.25, 0.3) is 5.91 Å². The molecular formula is C14H18FN3O. The van der Waals surface area contributed by atoms with Crippen molar-refractivity contribution in [2.24, 2.45) is 5.73 Å². The van der Waals surface area contributed by atoms with Crippen LogP contribution in [0, 0.1) is 5.82 Å². The van der Waals surface area contributed by atoms with E-state index in [0.29, 0.717) is 22.9 Å². The van der Waals surface area contributed by atoms with E-state index in [1.54, 1.807) is 26.1 Å². The highest BCUT2D eigenvalue weighted by molar-refractivity contribution is 6.03. The topological polar surface area (TPSA) is 67.1 Å². The third-order valence-corrected chi connectivity index (χ3v) is 3.29. The Morgan fingerprint density at radius 1 is 1.42 bits per heavy atom. The van der Waals surface area contributed by atoms with Gasteiger partial charge >= 0.3 is 0 Å². The molecule has 4 nitrogen and oxygen atoms in total. The van der Waals surface area contributed by atoms with Crippen LogP contribution in [-0.2, 0) is 4.79 Å². The van der Waals surface area contributed by atoms with Gasteiger partial charge in [0.2, 0.25) is 0 Å². The van der Waals surface area contributed by atoms with Gasteiger partial charge in [0.05, 0.1) is 0 Å². The number of anilines is 1. The molecule has 2 rings (SSSR count). The van der Waals surface area contributed by atoms with Crippen molar-refractivity contribution in [3.63, 3.8) is 0 Å². The first-order chi connectivity index (χ1) is 9.02. The standard InChI is InChI=1S/C14H18FN3O/c1-8(17-2)13(16)14(19)18-10-5-6-12(15)11(7-10)9-3-4-9/h5-7,9,17H,3-4,16H2,1-2H3,(H,18,19)/b13-8+. The molecule has 0 unspecified atom stereocenters. The number of amides is 1. The average Bonchev–Trinajstić information content (AvgIpc) is 3.23. The minimum atomic E-state index is -0.389. The maximum absolute atomic E-state index is 13.6. The first-order valence-corrected chi connectivity index (χ1v) is 6.27. The summed E-state index contributed by atoms with van der Waals surface area (Å²) in [6.45, 7) is 1.72. The van der Waals surface area contributed by atoms with Gasteiger partial charge in [0.15, 0.2) is 0 Å². The molecule has 1 fully saturated rings. The summed E-state index contributed by atoms with van der Waals surface area (Å²) in [6, 6.07) is 4.61. The van der Waals surface area contributed by atoms with Crippen LogP contribution in [0.4, 0.5) is 10.1 Å². The van der Waals surface area contributed by atoms with E-state index in [0.717, 1.165) is 12.8 Å². The summed E-state index contributed by atoms with van der Waals surface area (Å²) >= 11 is 0. The highest BCUT2D eigenvalue weighted by Gasteiger charge is 2.26. The van der Waals surface area contributed by atoms with Gasteiger partial charge in [0, 0.05) is 18.4 Å². The number of nitrogens with two attached hydrogens (primary N) is 1. The van der Waals surface area contributed by atoms with E-state index in [-0.39, 0.29) is 17.4 Å². The van der Waals surface area contributed by atoms with Gasteiger partial charge in [-0.25, -0.2) is 4.39 Å². The van der Waals surface area contributed by atoms with Crippen LogP contribution in [0.3, 0.4) is 0 Å². The lowest BCUT2D eigenvalue weighted by Gasteiger charge is -2.10. The van der Waals surface area contributed by atoms with Crippen molar-refractivity contribution in [2.75, 3.05) is 12.4 Å². The Hall–Kier alpha value is -2.04. The van der Waals surface area contributed by atoms with Crippen LogP contribution in [0.5, 0.6) is 0 Å². The molecule has 0 saturated heterocycles. The predicted molar refractivity (Wildman–Crippen MR) is 73.0 cm³/mol. The molecule has 102 valence electrons. The number of halogens is 1. The zero-order valence-electron chi connectivity index (χ0n) is 11.1. The van der Waals surface area contributed by atoms with Gasteiger partial charge in [-0.2, -0.15) is 0 Å². The average molecular weight is 263 g/mol. The van der Waals surface area contributed by atoms with Gasteiger partial charge in [-0.1, -0.05) is 0 Å². The molecule has 1 aromatic carbocycles. The van der Waals surface area contributed by atoms with Crippen molar-refractivity contribution < 1.29 is 9.18 Å². The van der Waals surface area contributed by atoms with Crippen molar-refractivity contribution in [3.05, 3.63) is 41.0 Å². The fourth-order valence-electron chi connectivity index (χ4n) is 1.83. The van der Waals surface area contributed by atoms with Crippen LogP contribution in [0.2, 0.25) is 0 Å². The molecule has 0 spiro atoms.